The lowest BCUT2D eigenvalue weighted by Gasteiger charge is -2.21. The number of hydrogen-bond acceptors (Lipinski definition) is 3. The van der Waals surface area contributed by atoms with E-state index in [1.165, 1.54) is 38.5 Å². The van der Waals surface area contributed by atoms with E-state index in [9.17, 15) is 5.11 Å². The minimum atomic E-state index is 0.0260. The number of halogens is 1. The van der Waals surface area contributed by atoms with Crippen molar-refractivity contribution in [1.82, 2.24) is 4.98 Å². The van der Waals surface area contributed by atoms with Gasteiger partial charge in [-0.15, -0.1) is 0 Å². The van der Waals surface area contributed by atoms with Crippen LogP contribution in [-0.2, 0) is 6.61 Å². The van der Waals surface area contributed by atoms with Gasteiger partial charge in [0, 0.05) is 22.8 Å². The molecule has 1 aromatic rings. The second kappa shape index (κ2) is 7.10. The predicted molar refractivity (Wildman–Crippen MR) is 77.5 cm³/mol. The van der Waals surface area contributed by atoms with Gasteiger partial charge in [0.1, 0.15) is 5.82 Å². The molecule has 0 radical (unpaired) electrons. The van der Waals surface area contributed by atoms with Crippen molar-refractivity contribution in [2.75, 3.05) is 11.9 Å². The number of pyridine rings is 1. The first-order valence-corrected chi connectivity index (χ1v) is 7.58. The molecule has 1 saturated carbocycles. The smallest absolute Gasteiger partial charge is 0.131 e. The summed E-state index contributed by atoms with van der Waals surface area (Å²) < 4.78 is 0.907. The average Bonchev–Trinajstić information content (AvgIpc) is 2.41. The van der Waals surface area contributed by atoms with E-state index in [0.717, 1.165) is 28.3 Å². The molecule has 0 spiro atoms. The van der Waals surface area contributed by atoms with Crippen LogP contribution in [0.3, 0.4) is 0 Å². The maximum absolute atomic E-state index is 9.29. The van der Waals surface area contributed by atoms with Gasteiger partial charge in [0.25, 0.3) is 0 Å². The van der Waals surface area contributed by atoms with Crippen molar-refractivity contribution in [1.29, 1.82) is 0 Å². The summed E-state index contributed by atoms with van der Waals surface area (Å²) in [7, 11) is 0. The lowest BCUT2D eigenvalue weighted by molar-refractivity contribution is 0.282. The van der Waals surface area contributed by atoms with Crippen molar-refractivity contribution in [2.45, 2.75) is 45.1 Å². The quantitative estimate of drug-likeness (QED) is 0.871. The van der Waals surface area contributed by atoms with Gasteiger partial charge in [-0.3, -0.25) is 0 Å². The largest absolute Gasteiger partial charge is 0.392 e. The zero-order valence-electron chi connectivity index (χ0n) is 10.7. The summed E-state index contributed by atoms with van der Waals surface area (Å²) in [4.78, 5) is 4.31. The van der Waals surface area contributed by atoms with Gasteiger partial charge in [-0.25, -0.2) is 4.98 Å². The summed E-state index contributed by atoms with van der Waals surface area (Å²) in [5.41, 5.74) is 0.855. The topological polar surface area (TPSA) is 45.2 Å². The molecule has 1 fully saturated rings. The SMILES string of the molecule is OCc1cc(Br)cnc1NCCC1CCCCC1. The number of aromatic nitrogens is 1. The Morgan fingerprint density at radius 2 is 2.11 bits per heavy atom. The lowest BCUT2D eigenvalue weighted by atomic mass is 9.87. The fourth-order valence-electron chi connectivity index (χ4n) is 2.63. The number of aliphatic hydroxyl groups is 1. The molecule has 2 N–H and O–H groups in total. The molecule has 1 aliphatic carbocycles. The van der Waals surface area contributed by atoms with Gasteiger partial charge in [0.2, 0.25) is 0 Å². The molecule has 0 atom stereocenters. The van der Waals surface area contributed by atoms with E-state index in [-0.39, 0.29) is 6.61 Å². The number of aliphatic hydroxyl groups excluding tert-OH is 1. The van der Waals surface area contributed by atoms with E-state index < -0.39 is 0 Å². The van der Waals surface area contributed by atoms with Crippen molar-refractivity contribution < 1.29 is 5.11 Å². The Balaban J connectivity index is 1.82. The maximum atomic E-state index is 9.29. The highest BCUT2D eigenvalue weighted by Crippen LogP contribution is 2.26. The molecular weight excluding hydrogens is 292 g/mol. The Labute approximate surface area is 117 Å². The summed E-state index contributed by atoms with van der Waals surface area (Å²) in [6, 6.07) is 1.91. The minimum absolute atomic E-state index is 0.0260. The van der Waals surface area contributed by atoms with Crippen LogP contribution in [0.1, 0.15) is 44.1 Å². The molecular formula is C14H21BrN2O. The summed E-state index contributed by atoms with van der Waals surface area (Å²) in [6.07, 6.45) is 9.92. The molecule has 4 heteroatoms. The third-order valence-corrected chi connectivity index (χ3v) is 4.11. The molecule has 0 unspecified atom stereocenters. The Morgan fingerprint density at radius 3 is 2.83 bits per heavy atom. The molecule has 0 amide bonds. The number of nitrogens with one attached hydrogen (secondary N) is 1. The van der Waals surface area contributed by atoms with Gasteiger partial charge >= 0.3 is 0 Å². The monoisotopic (exact) mass is 312 g/mol. The molecule has 3 nitrogen and oxygen atoms in total. The van der Waals surface area contributed by atoms with E-state index in [2.05, 4.69) is 26.2 Å². The Hall–Kier alpha value is -0.610. The second-order valence-corrected chi connectivity index (χ2v) is 5.95. The van der Waals surface area contributed by atoms with Crippen LogP contribution in [-0.4, -0.2) is 16.6 Å². The normalized spacial score (nSPS) is 16.8. The zero-order chi connectivity index (χ0) is 12.8. The summed E-state index contributed by atoms with van der Waals surface area (Å²) in [5.74, 6) is 1.69. The average molecular weight is 313 g/mol. The highest BCUT2D eigenvalue weighted by molar-refractivity contribution is 9.10. The van der Waals surface area contributed by atoms with Crippen LogP contribution in [0.15, 0.2) is 16.7 Å². The van der Waals surface area contributed by atoms with Crippen LogP contribution in [0.5, 0.6) is 0 Å². The summed E-state index contributed by atoms with van der Waals surface area (Å²) in [6.45, 7) is 0.977. The van der Waals surface area contributed by atoms with Gasteiger partial charge in [-0.05, 0) is 34.3 Å². The first kappa shape index (κ1) is 13.8. The van der Waals surface area contributed by atoms with E-state index in [1.807, 2.05) is 6.07 Å². The first-order valence-electron chi connectivity index (χ1n) is 6.78. The van der Waals surface area contributed by atoms with Crippen molar-refractivity contribution in [3.63, 3.8) is 0 Å². The molecule has 2 rings (SSSR count). The third-order valence-electron chi connectivity index (χ3n) is 3.67. The highest BCUT2D eigenvalue weighted by atomic mass is 79.9. The Bertz CT molecular complexity index is 378. The third kappa shape index (κ3) is 3.95. The fraction of sp³-hybridized carbons (Fsp3) is 0.643. The molecule has 0 aliphatic heterocycles. The first-order chi connectivity index (χ1) is 8.79. The zero-order valence-corrected chi connectivity index (χ0v) is 12.2. The van der Waals surface area contributed by atoms with E-state index in [4.69, 9.17) is 0 Å². The van der Waals surface area contributed by atoms with Gasteiger partial charge in [-0.1, -0.05) is 32.1 Å². The maximum Gasteiger partial charge on any atom is 0.131 e. The van der Waals surface area contributed by atoms with Crippen LogP contribution in [0.2, 0.25) is 0 Å². The molecule has 1 heterocycles. The molecule has 0 bridgehead atoms. The Morgan fingerprint density at radius 1 is 1.33 bits per heavy atom. The Kier molecular flexibility index (Phi) is 5.45. The molecule has 0 aromatic carbocycles. The molecule has 100 valence electrons. The molecule has 1 aromatic heterocycles. The van der Waals surface area contributed by atoms with Crippen molar-refractivity contribution in [2.24, 2.45) is 5.92 Å². The van der Waals surface area contributed by atoms with Gasteiger partial charge in [-0.2, -0.15) is 0 Å². The van der Waals surface area contributed by atoms with Crippen LogP contribution < -0.4 is 5.32 Å². The van der Waals surface area contributed by atoms with Gasteiger partial charge in [0.05, 0.1) is 6.61 Å². The molecule has 1 aliphatic rings. The predicted octanol–water partition coefficient (Wildman–Crippen LogP) is 3.72. The van der Waals surface area contributed by atoms with Crippen LogP contribution >= 0.6 is 15.9 Å². The van der Waals surface area contributed by atoms with Crippen LogP contribution in [0, 0.1) is 5.92 Å². The highest BCUT2D eigenvalue weighted by Gasteiger charge is 2.13. The van der Waals surface area contributed by atoms with Gasteiger partial charge < -0.3 is 10.4 Å². The van der Waals surface area contributed by atoms with E-state index in [1.54, 1.807) is 6.20 Å². The summed E-state index contributed by atoms with van der Waals surface area (Å²) >= 11 is 3.37. The van der Waals surface area contributed by atoms with Crippen molar-refractivity contribution in [3.8, 4) is 0 Å². The van der Waals surface area contributed by atoms with Crippen molar-refractivity contribution >= 4 is 21.7 Å². The lowest BCUT2D eigenvalue weighted by Crippen LogP contribution is -2.13. The van der Waals surface area contributed by atoms with E-state index in [0.29, 0.717) is 0 Å². The summed E-state index contributed by atoms with van der Waals surface area (Å²) in [5, 5.41) is 12.6. The number of nitrogens with zero attached hydrogens (tertiary/aromatic N) is 1. The minimum Gasteiger partial charge on any atom is -0.392 e. The number of rotatable bonds is 5. The van der Waals surface area contributed by atoms with Crippen LogP contribution in [0.4, 0.5) is 5.82 Å². The second-order valence-electron chi connectivity index (χ2n) is 5.04. The molecule has 18 heavy (non-hydrogen) atoms. The van der Waals surface area contributed by atoms with Crippen LogP contribution in [0.25, 0.3) is 0 Å². The molecule has 0 saturated heterocycles. The number of hydrogen-bond donors (Lipinski definition) is 2. The van der Waals surface area contributed by atoms with Gasteiger partial charge in [0.15, 0.2) is 0 Å². The van der Waals surface area contributed by atoms with Crippen molar-refractivity contribution in [3.05, 3.63) is 22.3 Å². The fourth-order valence-corrected chi connectivity index (χ4v) is 3.01. The van der Waals surface area contributed by atoms with E-state index >= 15 is 0 Å². The standard InChI is InChI=1S/C14H21BrN2O/c15-13-8-12(10-18)14(17-9-13)16-7-6-11-4-2-1-3-5-11/h8-9,11,18H,1-7,10H2,(H,16,17). The number of anilines is 1.